The van der Waals surface area contributed by atoms with Gasteiger partial charge in [0.2, 0.25) is 0 Å². The Kier molecular flexibility index (Phi) is 5.89. The quantitative estimate of drug-likeness (QED) is 0.799. The summed E-state index contributed by atoms with van der Waals surface area (Å²) < 4.78 is 11.3. The van der Waals surface area contributed by atoms with Crippen molar-refractivity contribution in [3.05, 3.63) is 0 Å². The first-order chi connectivity index (χ1) is 8.79. The number of nitrogens with one attached hydrogen (secondary N) is 1. The van der Waals surface area contributed by atoms with Gasteiger partial charge in [-0.1, -0.05) is 6.92 Å². The summed E-state index contributed by atoms with van der Waals surface area (Å²) in [5.74, 6) is 0.641. The van der Waals surface area contributed by atoms with E-state index in [1.54, 1.807) is 0 Å². The molecule has 106 valence electrons. The maximum Gasteiger partial charge on any atom is 0.0673 e. The molecule has 4 heteroatoms. The zero-order valence-corrected chi connectivity index (χ0v) is 11.9. The lowest BCUT2D eigenvalue weighted by molar-refractivity contribution is 0.0645. The first kappa shape index (κ1) is 14.3. The molecule has 2 aliphatic rings. The second-order valence-corrected chi connectivity index (χ2v) is 5.65. The summed E-state index contributed by atoms with van der Waals surface area (Å²) in [6.45, 7) is 11.6. The minimum absolute atomic E-state index is 0.372. The highest BCUT2D eigenvalue weighted by Crippen LogP contribution is 2.17. The molecular weight excluding hydrogens is 228 g/mol. The van der Waals surface area contributed by atoms with E-state index in [-0.39, 0.29) is 0 Å². The second kappa shape index (κ2) is 7.43. The minimum Gasteiger partial charge on any atom is -0.379 e. The summed E-state index contributed by atoms with van der Waals surface area (Å²) in [5.41, 5.74) is 0. The average molecular weight is 256 g/mol. The lowest BCUT2D eigenvalue weighted by atomic mass is 10.0. The summed E-state index contributed by atoms with van der Waals surface area (Å²) in [6, 6.07) is 0.546. The molecule has 0 amide bonds. The molecule has 0 aliphatic carbocycles. The fraction of sp³-hybridized carbons (Fsp3) is 1.00. The average Bonchev–Trinajstić information content (AvgIpc) is 2.68. The zero-order chi connectivity index (χ0) is 12.8. The van der Waals surface area contributed by atoms with Crippen molar-refractivity contribution in [1.29, 1.82) is 0 Å². The normalized spacial score (nSPS) is 34.7. The Morgan fingerprint density at radius 1 is 1.33 bits per heavy atom. The van der Waals surface area contributed by atoms with Crippen LogP contribution in [0.2, 0.25) is 0 Å². The number of ether oxygens (including phenoxy) is 2. The van der Waals surface area contributed by atoms with Gasteiger partial charge in [0.25, 0.3) is 0 Å². The van der Waals surface area contributed by atoms with Crippen molar-refractivity contribution in [2.75, 3.05) is 46.0 Å². The van der Waals surface area contributed by atoms with Crippen LogP contribution >= 0.6 is 0 Å². The van der Waals surface area contributed by atoms with Gasteiger partial charge in [0.05, 0.1) is 19.3 Å². The van der Waals surface area contributed by atoms with Crippen molar-refractivity contribution >= 4 is 0 Å². The van der Waals surface area contributed by atoms with Gasteiger partial charge in [0, 0.05) is 38.2 Å². The summed E-state index contributed by atoms with van der Waals surface area (Å²) >= 11 is 0. The van der Waals surface area contributed by atoms with Crippen molar-refractivity contribution in [3.63, 3.8) is 0 Å². The fourth-order valence-corrected chi connectivity index (χ4v) is 2.91. The van der Waals surface area contributed by atoms with Crippen LogP contribution in [0.1, 0.15) is 26.7 Å². The van der Waals surface area contributed by atoms with Gasteiger partial charge in [-0.15, -0.1) is 0 Å². The predicted molar refractivity (Wildman–Crippen MR) is 72.9 cm³/mol. The van der Waals surface area contributed by atoms with Gasteiger partial charge in [-0.2, -0.15) is 0 Å². The number of nitrogens with zero attached hydrogens (tertiary/aromatic N) is 1. The standard InChI is InChI=1S/C14H28N2O2/c1-3-5-15-14-11-17-10-13(14)9-16-6-4-7-18-12(2)8-16/h12-15H,3-11H2,1-2H3. The molecule has 4 nitrogen and oxygen atoms in total. The molecule has 2 rings (SSSR count). The van der Waals surface area contributed by atoms with Crippen LogP contribution in [-0.4, -0.2) is 63.0 Å². The first-order valence-electron chi connectivity index (χ1n) is 7.44. The molecule has 2 saturated heterocycles. The molecular formula is C14H28N2O2. The number of hydrogen-bond acceptors (Lipinski definition) is 4. The van der Waals surface area contributed by atoms with E-state index in [4.69, 9.17) is 9.47 Å². The second-order valence-electron chi connectivity index (χ2n) is 5.65. The zero-order valence-electron chi connectivity index (χ0n) is 11.9. The molecule has 0 radical (unpaired) electrons. The van der Waals surface area contributed by atoms with E-state index in [9.17, 15) is 0 Å². The van der Waals surface area contributed by atoms with Gasteiger partial charge in [-0.3, -0.25) is 0 Å². The van der Waals surface area contributed by atoms with Crippen LogP contribution in [0.15, 0.2) is 0 Å². The maximum absolute atomic E-state index is 5.70. The molecule has 0 aromatic carbocycles. The third kappa shape index (κ3) is 4.19. The van der Waals surface area contributed by atoms with Crippen LogP contribution in [0.3, 0.4) is 0 Å². The van der Waals surface area contributed by atoms with E-state index in [2.05, 4.69) is 24.1 Å². The SMILES string of the molecule is CCCNC1COCC1CN1CCCOC(C)C1. The topological polar surface area (TPSA) is 33.7 Å². The van der Waals surface area contributed by atoms with Crippen LogP contribution in [0.4, 0.5) is 0 Å². The van der Waals surface area contributed by atoms with Crippen molar-refractivity contribution < 1.29 is 9.47 Å². The molecule has 3 atom stereocenters. The number of hydrogen-bond donors (Lipinski definition) is 1. The monoisotopic (exact) mass is 256 g/mol. The molecule has 0 aromatic rings. The smallest absolute Gasteiger partial charge is 0.0673 e. The van der Waals surface area contributed by atoms with E-state index in [1.165, 1.54) is 13.0 Å². The van der Waals surface area contributed by atoms with Crippen LogP contribution in [0.25, 0.3) is 0 Å². The van der Waals surface area contributed by atoms with E-state index < -0.39 is 0 Å². The summed E-state index contributed by atoms with van der Waals surface area (Å²) in [7, 11) is 0. The summed E-state index contributed by atoms with van der Waals surface area (Å²) in [5, 5.41) is 3.61. The van der Waals surface area contributed by atoms with Crippen molar-refractivity contribution in [2.24, 2.45) is 5.92 Å². The van der Waals surface area contributed by atoms with E-state index in [0.717, 1.165) is 45.9 Å². The van der Waals surface area contributed by atoms with Crippen LogP contribution in [0, 0.1) is 5.92 Å². The van der Waals surface area contributed by atoms with Crippen LogP contribution < -0.4 is 5.32 Å². The predicted octanol–water partition coefficient (Wildman–Crippen LogP) is 1.11. The Labute approximate surface area is 111 Å². The summed E-state index contributed by atoms with van der Waals surface area (Å²) in [4.78, 5) is 2.55. The van der Waals surface area contributed by atoms with Crippen molar-refractivity contribution in [1.82, 2.24) is 10.2 Å². The van der Waals surface area contributed by atoms with E-state index in [1.807, 2.05) is 0 Å². The third-order valence-electron chi connectivity index (χ3n) is 3.88. The van der Waals surface area contributed by atoms with Crippen molar-refractivity contribution in [3.8, 4) is 0 Å². The van der Waals surface area contributed by atoms with Crippen molar-refractivity contribution in [2.45, 2.75) is 38.8 Å². The first-order valence-corrected chi connectivity index (χ1v) is 7.44. The Bertz CT molecular complexity index is 238. The fourth-order valence-electron chi connectivity index (χ4n) is 2.91. The minimum atomic E-state index is 0.372. The Morgan fingerprint density at radius 2 is 2.22 bits per heavy atom. The molecule has 0 saturated carbocycles. The highest BCUT2D eigenvalue weighted by atomic mass is 16.5. The molecule has 2 heterocycles. The Hall–Kier alpha value is -0.160. The molecule has 0 bridgehead atoms. The third-order valence-corrected chi connectivity index (χ3v) is 3.88. The van der Waals surface area contributed by atoms with Crippen LogP contribution in [0.5, 0.6) is 0 Å². The van der Waals surface area contributed by atoms with Gasteiger partial charge >= 0.3 is 0 Å². The highest BCUT2D eigenvalue weighted by molar-refractivity contribution is 4.84. The largest absolute Gasteiger partial charge is 0.379 e. The molecule has 2 fully saturated rings. The maximum atomic E-state index is 5.70. The number of rotatable bonds is 5. The molecule has 2 aliphatic heterocycles. The van der Waals surface area contributed by atoms with Crippen LogP contribution in [-0.2, 0) is 9.47 Å². The van der Waals surface area contributed by atoms with Gasteiger partial charge in [-0.05, 0) is 26.3 Å². The lowest BCUT2D eigenvalue weighted by Gasteiger charge is -2.27. The Morgan fingerprint density at radius 3 is 3.06 bits per heavy atom. The molecule has 0 spiro atoms. The summed E-state index contributed by atoms with van der Waals surface area (Å²) in [6.07, 6.45) is 2.72. The molecule has 0 aromatic heterocycles. The molecule has 3 unspecified atom stereocenters. The van der Waals surface area contributed by atoms with Gasteiger partial charge in [0.1, 0.15) is 0 Å². The van der Waals surface area contributed by atoms with E-state index >= 15 is 0 Å². The molecule has 18 heavy (non-hydrogen) atoms. The molecule has 1 N–H and O–H groups in total. The van der Waals surface area contributed by atoms with E-state index in [0.29, 0.717) is 18.1 Å². The van der Waals surface area contributed by atoms with Gasteiger partial charge < -0.3 is 19.7 Å². The van der Waals surface area contributed by atoms with Gasteiger partial charge in [-0.25, -0.2) is 0 Å². The lowest BCUT2D eigenvalue weighted by Crippen LogP contribution is -2.43. The highest BCUT2D eigenvalue weighted by Gasteiger charge is 2.30. The Balaban J connectivity index is 1.79. The van der Waals surface area contributed by atoms with Gasteiger partial charge in [0.15, 0.2) is 0 Å².